The second kappa shape index (κ2) is 6.61. The lowest BCUT2D eigenvalue weighted by Crippen LogP contribution is -2.45. The molecule has 0 bridgehead atoms. The van der Waals surface area contributed by atoms with Crippen molar-refractivity contribution < 1.29 is 36.9 Å². The number of benzene rings is 1. The van der Waals surface area contributed by atoms with Gasteiger partial charge in [0.25, 0.3) is 0 Å². The van der Waals surface area contributed by atoms with Gasteiger partial charge in [0.1, 0.15) is 23.5 Å². The molecule has 2 aliphatic heterocycles. The van der Waals surface area contributed by atoms with Gasteiger partial charge >= 0.3 is 18.3 Å². The smallest absolute Gasteiger partial charge is 0.315 e. The highest BCUT2D eigenvalue weighted by atomic mass is 19.3. The van der Waals surface area contributed by atoms with Crippen LogP contribution in [0.25, 0.3) is 0 Å². The van der Waals surface area contributed by atoms with Gasteiger partial charge in [-0.15, -0.1) is 0 Å². The fraction of sp³-hybridized carbons (Fsp3) is 0.588. The SMILES string of the molecule is COc1ccc2c(c1)OC[C@]1(C(=O)O)CN(CCC(F)(F)C(F)F)C[C@H]21. The van der Waals surface area contributed by atoms with E-state index in [2.05, 4.69) is 0 Å². The van der Waals surface area contributed by atoms with Gasteiger partial charge in [0.2, 0.25) is 0 Å². The first-order valence-electron chi connectivity index (χ1n) is 8.12. The fourth-order valence-corrected chi connectivity index (χ4v) is 3.68. The van der Waals surface area contributed by atoms with Crippen LogP contribution in [0.2, 0.25) is 0 Å². The van der Waals surface area contributed by atoms with E-state index in [-0.39, 0.29) is 26.2 Å². The van der Waals surface area contributed by atoms with E-state index in [9.17, 15) is 27.5 Å². The number of carboxylic acid groups (broad SMARTS) is 1. The Labute approximate surface area is 147 Å². The molecule has 9 heteroatoms. The molecule has 26 heavy (non-hydrogen) atoms. The van der Waals surface area contributed by atoms with E-state index in [0.717, 1.165) is 0 Å². The molecule has 0 radical (unpaired) electrons. The number of likely N-dealkylation sites (tertiary alicyclic amines) is 1. The third-order valence-corrected chi connectivity index (χ3v) is 5.20. The third-order valence-electron chi connectivity index (χ3n) is 5.20. The van der Waals surface area contributed by atoms with Gasteiger partial charge in [0.15, 0.2) is 0 Å². The Balaban J connectivity index is 1.83. The molecular formula is C17H19F4NO4. The summed E-state index contributed by atoms with van der Waals surface area (Å²) in [7, 11) is 1.49. The summed E-state index contributed by atoms with van der Waals surface area (Å²) >= 11 is 0. The number of hydrogen-bond acceptors (Lipinski definition) is 4. The Morgan fingerprint density at radius 1 is 1.50 bits per heavy atom. The minimum absolute atomic E-state index is 0.0300. The molecule has 2 aliphatic rings. The summed E-state index contributed by atoms with van der Waals surface area (Å²) in [6.07, 6.45) is -4.76. The molecule has 0 aliphatic carbocycles. The van der Waals surface area contributed by atoms with Crippen molar-refractivity contribution in [3.8, 4) is 11.5 Å². The van der Waals surface area contributed by atoms with Crippen molar-refractivity contribution in [3.63, 3.8) is 0 Å². The zero-order valence-corrected chi connectivity index (χ0v) is 14.1. The molecule has 0 unspecified atom stereocenters. The molecule has 0 amide bonds. The first kappa shape index (κ1) is 18.8. The Morgan fingerprint density at radius 2 is 2.23 bits per heavy atom. The van der Waals surface area contributed by atoms with Gasteiger partial charge in [-0.3, -0.25) is 4.79 Å². The predicted molar refractivity (Wildman–Crippen MR) is 83.3 cm³/mol. The number of ether oxygens (including phenoxy) is 2. The van der Waals surface area contributed by atoms with Gasteiger partial charge in [0.05, 0.1) is 7.11 Å². The van der Waals surface area contributed by atoms with Crippen LogP contribution in [0.4, 0.5) is 17.6 Å². The second-order valence-corrected chi connectivity index (χ2v) is 6.75. The predicted octanol–water partition coefficient (Wildman–Crippen LogP) is 2.85. The average molecular weight is 377 g/mol. The number of halogens is 4. The van der Waals surface area contributed by atoms with Crippen LogP contribution in [0.1, 0.15) is 17.9 Å². The standard InChI is InChI=1S/C17H19F4NO4/c1-25-10-2-3-11-12-7-22(5-4-17(20,21)14(18)19)8-16(12,15(23)24)9-26-13(11)6-10/h2-3,6,12,14H,4-5,7-9H2,1H3,(H,23,24)/t12-,16-/m1/s1. The fourth-order valence-electron chi connectivity index (χ4n) is 3.68. The third kappa shape index (κ3) is 3.08. The first-order chi connectivity index (χ1) is 12.2. The Bertz CT molecular complexity index is 699. The Kier molecular flexibility index (Phi) is 4.76. The topological polar surface area (TPSA) is 59.0 Å². The number of fused-ring (bicyclic) bond motifs is 3. The lowest BCUT2D eigenvalue weighted by molar-refractivity contribution is -0.152. The summed E-state index contributed by atoms with van der Waals surface area (Å²) < 4.78 is 61.9. The van der Waals surface area contributed by atoms with Gasteiger partial charge in [-0.25, -0.2) is 17.6 Å². The van der Waals surface area contributed by atoms with Crippen molar-refractivity contribution in [2.75, 3.05) is 33.4 Å². The molecule has 2 heterocycles. The van der Waals surface area contributed by atoms with E-state index >= 15 is 0 Å². The maximum Gasteiger partial charge on any atom is 0.315 e. The summed E-state index contributed by atoms with van der Waals surface area (Å²) in [6.45, 7) is -0.268. The molecule has 0 aromatic heterocycles. The monoisotopic (exact) mass is 377 g/mol. The molecule has 1 N–H and O–H groups in total. The molecule has 3 rings (SSSR count). The molecular weight excluding hydrogens is 358 g/mol. The molecule has 0 saturated carbocycles. The first-order valence-corrected chi connectivity index (χ1v) is 8.12. The number of aliphatic carboxylic acids is 1. The average Bonchev–Trinajstić information content (AvgIpc) is 3.00. The van der Waals surface area contributed by atoms with Crippen LogP contribution in [0.5, 0.6) is 11.5 Å². The number of alkyl halides is 4. The van der Waals surface area contributed by atoms with Crippen molar-refractivity contribution in [1.82, 2.24) is 4.90 Å². The number of carbonyl (C=O) groups is 1. The normalized spacial score (nSPS) is 25.5. The highest BCUT2D eigenvalue weighted by Gasteiger charge is 2.56. The zero-order chi connectivity index (χ0) is 19.1. The highest BCUT2D eigenvalue weighted by Crippen LogP contribution is 2.50. The van der Waals surface area contributed by atoms with Crippen LogP contribution in [0.3, 0.4) is 0 Å². The van der Waals surface area contributed by atoms with E-state index in [1.165, 1.54) is 12.0 Å². The van der Waals surface area contributed by atoms with Gasteiger partial charge in [-0.1, -0.05) is 6.07 Å². The van der Waals surface area contributed by atoms with Crippen LogP contribution in [0.15, 0.2) is 18.2 Å². The molecule has 5 nitrogen and oxygen atoms in total. The maximum atomic E-state index is 13.2. The number of nitrogens with zero attached hydrogens (tertiary/aromatic N) is 1. The maximum absolute atomic E-state index is 13.2. The van der Waals surface area contributed by atoms with E-state index in [1.807, 2.05) is 0 Å². The molecule has 1 aromatic rings. The van der Waals surface area contributed by atoms with Crippen molar-refractivity contribution in [1.29, 1.82) is 0 Å². The molecule has 0 spiro atoms. The summed E-state index contributed by atoms with van der Waals surface area (Å²) in [5.41, 5.74) is -0.635. The molecule has 1 aromatic carbocycles. The van der Waals surface area contributed by atoms with Crippen molar-refractivity contribution in [2.45, 2.75) is 24.7 Å². The lowest BCUT2D eigenvalue weighted by Gasteiger charge is -2.36. The van der Waals surface area contributed by atoms with Crippen LogP contribution < -0.4 is 9.47 Å². The number of rotatable bonds is 6. The van der Waals surface area contributed by atoms with Gasteiger partial charge in [0, 0.05) is 43.6 Å². The van der Waals surface area contributed by atoms with Crippen molar-refractivity contribution in [3.05, 3.63) is 23.8 Å². The van der Waals surface area contributed by atoms with Crippen LogP contribution >= 0.6 is 0 Å². The molecule has 144 valence electrons. The van der Waals surface area contributed by atoms with E-state index in [0.29, 0.717) is 17.1 Å². The van der Waals surface area contributed by atoms with Gasteiger partial charge < -0.3 is 19.5 Å². The summed E-state index contributed by atoms with van der Waals surface area (Å²) in [4.78, 5) is 13.4. The lowest BCUT2D eigenvalue weighted by atomic mass is 9.73. The summed E-state index contributed by atoms with van der Waals surface area (Å²) in [5, 5.41) is 9.76. The second-order valence-electron chi connectivity index (χ2n) is 6.75. The summed E-state index contributed by atoms with van der Waals surface area (Å²) in [6, 6.07) is 5.02. The Morgan fingerprint density at radius 3 is 2.85 bits per heavy atom. The zero-order valence-electron chi connectivity index (χ0n) is 14.1. The molecule has 2 atom stereocenters. The number of methoxy groups -OCH3 is 1. The molecule has 1 saturated heterocycles. The minimum atomic E-state index is -4.09. The largest absolute Gasteiger partial charge is 0.497 e. The van der Waals surface area contributed by atoms with Gasteiger partial charge in [-0.05, 0) is 6.07 Å². The van der Waals surface area contributed by atoms with E-state index < -0.39 is 36.1 Å². The van der Waals surface area contributed by atoms with Crippen LogP contribution in [-0.2, 0) is 4.79 Å². The minimum Gasteiger partial charge on any atom is -0.497 e. The number of hydrogen-bond donors (Lipinski definition) is 1. The molecule has 1 fully saturated rings. The number of carboxylic acids is 1. The Hall–Kier alpha value is -2.03. The van der Waals surface area contributed by atoms with Crippen LogP contribution in [0, 0.1) is 5.41 Å². The van der Waals surface area contributed by atoms with Gasteiger partial charge in [-0.2, -0.15) is 0 Å². The summed E-state index contributed by atoms with van der Waals surface area (Å²) in [5.74, 6) is -4.61. The van der Waals surface area contributed by atoms with E-state index in [4.69, 9.17) is 9.47 Å². The van der Waals surface area contributed by atoms with Crippen LogP contribution in [-0.4, -0.2) is 61.7 Å². The van der Waals surface area contributed by atoms with E-state index in [1.54, 1.807) is 18.2 Å². The van der Waals surface area contributed by atoms with Crippen molar-refractivity contribution >= 4 is 5.97 Å². The quantitative estimate of drug-likeness (QED) is 0.773. The highest BCUT2D eigenvalue weighted by molar-refractivity contribution is 5.78. The van der Waals surface area contributed by atoms with Crippen molar-refractivity contribution in [2.24, 2.45) is 5.41 Å².